The van der Waals surface area contributed by atoms with Gasteiger partial charge >= 0.3 is 11.9 Å². The quantitative estimate of drug-likeness (QED) is 0.124. The van der Waals surface area contributed by atoms with E-state index in [2.05, 4.69) is 4.74 Å². The first-order chi connectivity index (χ1) is 15.9. The summed E-state index contributed by atoms with van der Waals surface area (Å²) in [4.78, 5) is 22.6. The van der Waals surface area contributed by atoms with Gasteiger partial charge in [-0.1, -0.05) is 6.42 Å². The summed E-state index contributed by atoms with van der Waals surface area (Å²) < 4.78 is 99.1. The lowest BCUT2D eigenvalue weighted by Crippen LogP contribution is -2.25. The largest absolute Gasteiger partial charge is 0.744 e. The van der Waals surface area contributed by atoms with Crippen molar-refractivity contribution in [1.82, 2.24) is 0 Å². The van der Waals surface area contributed by atoms with Crippen LogP contribution in [0.2, 0.25) is 0 Å². The van der Waals surface area contributed by atoms with E-state index in [1.165, 1.54) is 6.07 Å². The molecule has 0 saturated heterocycles. The first kappa shape index (κ1) is 24.9. The van der Waals surface area contributed by atoms with E-state index < -0.39 is 56.0 Å². The highest BCUT2D eigenvalue weighted by Crippen LogP contribution is 2.48. The number of esters is 2. The minimum absolute atomic E-state index is 0.0195. The zero-order valence-electron chi connectivity index (χ0n) is 16.9. The lowest BCUT2D eigenvalue weighted by molar-refractivity contribution is -0.140. The third-order valence-corrected chi connectivity index (χ3v) is 7.80. The Morgan fingerprint density at radius 1 is 0.971 bits per heavy atom. The average Bonchev–Trinajstić information content (AvgIpc) is 3.39. The zero-order chi connectivity index (χ0) is 24.9. The average molecular weight is 613 g/mol. The Morgan fingerprint density at radius 2 is 1.62 bits per heavy atom. The molecule has 0 aliphatic heterocycles. The maximum absolute atomic E-state index is 14.1. The maximum Gasteiger partial charge on any atom is 0.343 e. The molecule has 3 unspecified atom stereocenters. The first-order valence-corrected chi connectivity index (χ1v) is 12.4. The van der Waals surface area contributed by atoms with Gasteiger partial charge in [-0.05, 0) is 71.9 Å². The summed E-state index contributed by atoms with van der Waals surface area (Å²) in [5.41, 5.74) is -0.378. The molecule has 4 rings (SSSR count). The van der Waals surface area contributed by atoms with Gasteiger partial charge in [0.05, 0.1) is 15.1 Å². The highest BCUT2D eigenvalue weighted by atomic mass is 127. The van der Waals surface area contributed by atoms with Crippen LogP contribution in [0.1, 0.15) is 36.0 Å². The van der Waals surface area contributed by atoms with E-state index >= 15 is 0 Å². The van der Waals surface area contributed by atoms with Gasteiger partial charge in [-0.25, -0.2) is 22.0 Å². The Labute approximate surface area is 204 Å². The molecule has 0 radical (unpaired) electrons. The van der Waals surface area contributed by atoms with Crippen molar-refractivity contribution < 1.29 is 49.6 Å². The minimum Gasteiger partial charge on any atom is -0.744 e. The van der Waals surface area contributed by atoms with Crippen LogP contribution in [0, 0.1) is 44.6 Å². The van der Waals surface area contributed by atoms with Crippen molar-refractivity contribution in [2.45, 2.75) is 30.6 Å². The van der Waals surface area contributed by atoms with Crippen molar-refractivity contribution >= 4 is 44.6 Å². The van der Waals surface area contributed by atoms with E-state index in [1.54, 1.807) is 0 Å². The third kappa shape index (κ3) is 4.52. The Bertz CT molecular complexity index is 1290. The number of hydrogen-bond donors (Lipinski definition) is 0. The number of carbonyl (C=O) groups excluding carboxylic acids is 2. The summed E-state index contributed by atoms with van der Waals surface area (Å²) >= 11 is 1.84. The number of benzene rings is 2. The summed E-state index contributed by atoms with van der Waals surface area (Å²) in [7, 11) is -5.91. The monoisotopic (exact) mass is 613 g/mol. The Balaban J connectivity index is 1.58. The molecule has 0 N–H and O–H groups in total. The normalized spacial score (nSPS) is 21.5. The molecule has 13 heteroatoms. The zero-order valence-corrected chi connectivity index (χ0v) is 19.9. The molecular weight excluding hydrogens is 599 g/mol. The second kappa shape index (κ2) is 9.07. The summed E-state index contributed by atoms with van der Waals surface area (Å²) in [5, 5.41) is 0. The van der Waals surface area contributed by atoms with Crippen LogP contribution >= 0.6 is 22.6 Å². The van der Waals surface area contributed by atoms with Crippen LogP contribution in [-0.4, -0.2) is 24.9 Å². The molecule has 0 aromatic heterocycles. The topological polar surface area (TPSA) is 110 Å². The smallest absolute Gasteiger partial charge is 0.343 e. The van der Waals surface area contributed by atoms with E-state index in [4.69, 9.17) is 4.74 Å². The van der Waals surface area contributed by atoms with Crippen LogP contribution < -0.4 is 9.47 Å². The van der Waals surface area contributed by atoms with Gasteiger partial charge in [0.25, 0.3) is 0 Å². The molecule has 0 spiro atoms. The highest BCUT2D eigenvalue weighted by molar-refractivity contribution is 14.1. The molecule has 3 atom stereocenters. The summed E-state index contributed by atoms with van der Waals surface area (Å²) in [6.07, 6.45) is 3.68. The van der Waals surface area contributed by atoms with E-state index in [-0.39, 0.29) is 23.1 Å². The molecule has 2 saturated carbocycles. The van der Waals surface area contributed by atoms with Gasteiger partial charge in [0, 0.05) is 0 Å². The predicted octanol–water partition coefficient (Wildman–Crippen LogP) is 4.31. The maximum atomic E-state index is 14.1. The summed E-state index contributed by atoms with van der Waals surface area (Å²) in [6, 6.07) is 3.56. The number of ether oxygens (including phenoxy) is 2. The molecule has 2 fully saturated rings. The molecular formula is C21H14F4IO7S-. The van der Waals surface area contributed by atoms with Gasteiger partial charge < -0.3 is 14.0 Å². The van der Waals surface area contributed by atoms with Crippen LogP contribution in [0.4, 0.5) is 17.6 Å². The van der Waals surface area contributed by atoms with Crippen molar-refractivity contribution in [3.63, 3.8) is 0 Å². The number of hydrogen-bond acceptors (Lipinski definition) is 7. The molecule has 7 nitrogen and oxygen atoms in total. The standard InChI is InChI=1S/C21H15F4IO7S/c22-14-16(24)19(34(29,30)31)17(25)15(23)18(14)33-20(27)10-3-4-12(26)13(7-10)32-21(28)11-6-8-1-2-9(11)5-8/h3-4,7-9,11H,1-2,5-6H2,(H,29,30,31)/p-1. The fourth-order valence-electron chi connectivity index (χ4n) is 4.48. The Kier molecular flexibility index (Phi) is 6.63. The molecule has 182 valence electrons. The number of rotatable bonds is 5. The Morgan fingerprint density at radius 3 is 2.15 bits per heavy atom. The van der Waals surface area contributed by atoms with Crippen molar-refractivity contribution in [1.29, 1.82) is 0 Å². The van der Waals surface area contributed by atoms with Gasteiger partial charge in [0.1, 0.15) is 20.8 Å². The molecule has 0 heterocycles. The molecule has 2 aliphatic carbocycles. The molecule has 2 aliphatic rings. The number of halogens is 5. The van der Waals surface area contributed by atoms with E-state index in [0.717, 1.165) is 31.4 Å². The highest BCUT2D eigenvalue weighted by Gasteiger charge is 2.44. The van der Waals surface area contributed by atoms with Crippen molar-refractivity contribution in [3.05, 3.63) is 50.6 Å². The minimum atomic E-state index is -5.91. The van der Waals surface area contributed by atoms with Crippen molar-refractivity contribution in [2.75, 3.05) is 0 Å². The molecule has 0 amide bonds. The van der Waals surface area contributed by atoms with Crippen molar-refractivity contribution in [2.24, 2.45) is 17.8 Å². The lowest BCUT2D eigenvalue weighted by atomic mass is 9.89. The van der Waals surface area contributed by atoms with E-state index in [1.807, 2.05) is 22.6 Å². The van der Waals surface area contributed by atoms with Crippen molar-refractivity contribution in [3.8, 4) is 11.5 Å². The van der Waals surface area contributed by atoms with Gasteiger partial charge in [-0.15, -0.1) is 0 Å². The third-order valence-electron chi connectivity index (χ3n) is 6.05. The Hall–Kier alpha value is -2.26. The molecule has 2 aromatic rings. The first-order valence-electron chi connectivity index (χ1n) is 9.93. The van der Waals surface area contributed by atoms with Crippen LogP contribution in [0.25, 0.3) is 0 Å². The van der Waals surface area contributed by atoms with Crippen LogP contribution in [0.5, 0.6) is 11.5 Å². The summed E-state index contributed by atoms with van der Waals surface area (Å²) in [6.45, 7) is 0. The van der Waals surface area contributed by atoms with Crippen LogP contribution in [-0.2, 0) is 14.9 Å². The van der Waals surface area contributed by atoms with E-state index in [9.17, 15) is 40.1 Å². The van der Waals surface area contributed by atoms with E-state index in [0.29, 0.717) is 15.9 Å². The molecule has 2 aromatic carbocycles. The van der Waals surface area contributed by atoms with Gasteiger partial charge in [-0.3, -0.25) is 4.79 Å². The fraction of sp³-hybridized carbons (Fsp3) is 0.333. The van der Waals surface area contributed by atoms with Gasteiger partial charge in [-0.2, -0.15) is 8.78 Å². The van der Waals surface area contributed by atoms with Gasteiger partial charge in [0.15, 0.2) is 11.6 Å². The summed E-state index contributed by atoms with van der Waals surface area (Å²) in [5.74, 6) is -13.2. The second-order valence-corrected chi connectivity index (χ2v) is 10.6. The van der Waals surface area contributed by atoms with Crippen LogP contribution in [0.3, 0.4) is 0 Å². The fourth-order valence-corrected chi connectivity index (χ4v) is 5.54. The SMILES string of the molecule is O=C(Oc1c(F)c(F)c(S(=O)(=O)[O-])c(F)c1F)c1ccc(I)c(OC(=O)C2CC3CCC2C3)c1. The van der Waals surface area contributed by atoms with Gasteiger partial charge in [0.2, 0.25) is 17.4 Å². The molecule has 2 bridgehead atoms. The molecule has 34 heavy (non-hydrogen) atoms. The predicted molar refractivity (Wildman–Crippen MR) is 113 cm³/mol. The lowest BCUT2D eigenvalue weighted by Gasteiger charge is -2.20. The second-order valence-electron chi connectivity index (χ2n) is 8.11. The number of carbonyl (C=O) groups is 2. The number of fused-ring (bicyclic) bond motifs is 2. The van der Waals surface area contributed by atoms with Crippen LogP contribution in [0.15, 0.2) is 23.1 Å².